The Balaban J connectivity index is 1.80. The van der Waals surface area contributed by atoms with Crippen LogP contribution < -0.4 is 10.3 Å². The van der Waals surface area contributed by atoms with Crippen molar-refractivity contribution in [3.8, 4) is 17.0 Å². The molecule has 0 bridgehead atoms. The van der Waals surface area contributed by atoms with E-state index in [1.165, 1.54) is 26.2 Å². The first-order valence-corrected chi connectivity index (χ1v) is 9.81. The largest absolute Gasteiger partial charge is 0.497 e. The number of aromatic amines is 1. The number of halogens is 6. The number of methoxy groups -OCH3 is 1. The van der Waals surface area contributed by atoms with Crippen LogP contribution in [-0.4, -0.2) is 26.9 Å². The fourth-order valence-electron chi connectivity index (χ4n) is 3.50. The van der Waals surface area contributed by atoms with Crippen molar-refractivity contribution in [2.24, 2.45) is 0 Å². The molecule has 12 heteroatoms. The predicted octanol–water partition coefficient (Wildman–Crippen LogP) is 5.44. The van der Waals surface area contributed by atoms with Crippen molar-refractivity contribution < 1.29 is 31.1 Å². The standard InChI is InChI=1S/C22H16F6N4O2/c1-11(32-19(33)7-6-16(31-32)12-4-3-5-13(8-12)34-2)20-29-17-9-14(21(23,24)25)15(22(26,27)28)10-18(17)30-20/h3-11H,1-2H3,(H,29,30). The van der Waals surface area contributed by atoms with E-state index in [1.807, 2.05) is 0 Å². The lowest BCUT2D eigenvalue weighted by Gasteiger charge is -2.15. The summed E-state index contributed by atoms with van der Waals surface area (Å²) in [6.45, 7) is 1.50. The maximum absolute atomic E-state index is 13.3. The van der Waals surface area contributed by atoms with E-state index in [0.29, 0.717) is 29.1 Å². The van der Waals surface area contributed by atoms with Gasteiger partial charge in [0.15, 0.2) is 0 Å². The number of imidazole rings is 1. The van der Waals surface area contributed by atoms with Crippen LogP contribution in [0.2, 0.25) is 0 Å². The number of hydrogen-bond acceptors (Lipinski definition) is 4. The zero-order valence-electron chi connectivity index (χ0n) is 17.6. The van der Waals surface area contributed by atoms with Gasteiger partial charge in [-0.1, -0.05) is 12.1 Å². The third-order valence-corrected chi connectivity index (χ3v) is 5.20. The summed E-state index contributed by atoms with van der Waals surface area (Å²) in [4.78, 5) is 19.1. The van der Waals surface area contributed by atoms with Crippen molar-refractivity contribution in [3.05, 3.63) is 75.8 Å². The molecule has 1 atom stereocenters. The van der Waals surface area contributed by atoms with Crippen molar-refractivity contribution in [3.63, 3.8) is 0 Å². The predicted molar refractivity (Wildman–Crippen MR) is 110 cm³/mol. The number of rotatable bonds is 4. The molecule has 0 saturated carbocycles. The molecule has 0 aliphatic carbocycles. The second kappa shape index (κ2) is 8.19. The number of fused-ring (bicyclic) bond motifs is 1. The van der Waals surface area contributed by atoms with Crippen molar-refractivity contribution in [1.82, 2.24) is 19.7 Å². The molecule has 4 rings (SSSR count). The van der Waals surface area contributed by atoms with Gasteiger partial charge < -0.3 is 9.72 Å². The molecule has 0 amide bonds. The van der Waals surface area contributed by atoms with Gasteiger partial charge in [-0.3, -0.25) is 4.79 Å². The molecule has 0 aliphatic heterocycles. The number of benzene rings is 2. The van der Waals surface area contributed by atoms with Crippen molar-refractivity contribution >= 4 is 11.0 Å². The van der Waals surface area contributed by atoms with E-state index in [0.717, 1.165) is 4.68 Å². The number of aromatic nitrogens is 4. The van der Waals surface area contributed by atoms with Gasteiger partial charge in [0.2, 0.25) is 0 Å². The minimum atomic E-state index is -5.23. The van der Waals surface area contributed by atoms with E-state index in [2.05, 4.69) is 15.1 Å². The monoisotopic (exact) mass is 482 g/mol. The maximum atomic E-state index is 13.3. The number of H-pyrrole nitrogens is 1. The van der Waals surface area contributed by atoms with Crippen molar-refractivity contribution in [2.75, 3.05) is 7.11 Å². The molecule has 0 radical (unpaired) electrons. The third kappa shape index (κ3) is 4.35. The van der Waals surface area contributed by atoms with Gasteiger partial charge in [-0.2, -0.15) is 31.4 Å². The molecule has 0 saturated heterocycles. The first kappa shape index (κ1) is 23.3. The molecule has 0 aliphatic rings. The number of hydrogen-bond donors (Lipinski definition) is 1. The third-order valence-electron chi connectivity index (χ3n) is 5.20. The topological polar surface area (TPSA) is 72.8 Å². The molecule has 2 aromatic carbocycles. The molecule has 178 valence electrons. The summed E-state index contributed by atoms with van der Waals surface area (Å²) in [5.41, 5.74) is -3.74. The Morgan fingerprint density at radius 2 is 1.65 bits per heavy atom. The molecule has 0 fully saturated rings. The molecule has 0 spiro atoms. The lowest BCUT2D eigenvalue weighted by Crippen LogP contribution is -2.26. The number of ether oxygens (including phenoxy) is 1. The van der Waals surface area contributed by atoms with Crippen LogP contribution in [0, 0.1) is 0 Å². The highest BCUT2D eigenvalue weighted by molar-refractivity contribution is 5.78. The molecular weight excluding hydrogens is 466 g/mol. The van der Waals surface area contributed by atoms with Crippen LogP contribution in [0.4, 0.5) is 26.3 Å². The van der Waals surface area contributed by atoms with Gasteiger partial charge in [0.25, 0.3) is 5.56 Å². The average molecular weight is 482 g/mol. The van der Waals surface area contributed by atoms with E-state index in [-0.39, 0.29) is 16.9 Å². The summed E-state index contributed by atoms with van der Waals surface area (Å²) in [6.07, 6.45) is -10.5. The van der Waals surface area contributed by atoms with Crippen LogP contribution in [0.5, 0.6) is 5.75 Å². The molecule has 34 heavy (non-hydrogen) atoms. The Morgan fingerprint density at radius 3 is 2.29 bits per heavy atom. The van der Waals surface area contributed by atoms with Crippen LogP contribution in [0.1, 0.15) is 29.9 Å². The smallest absolute Gasteiger partial charge is 0.417 e. The minimum absolute atomic E-state index is 0.0279. The van der Waals surface area contributed by atoms with Crippen LogP contribution in [0.15, 0.2) is 53.3 Å². The highest BCUT2D eigenvalue weighted by Gasteiger charge is 2.43. The van der Waals surface area contributed by atoms with Gasteiger partial charge in [0.1, 0.15) is 17.6 Å². The van der Waals surface area contributed by atoms with E-state index < -0.39 is 35.1 Å². The normalized spacial score (nSPS) is 13.3. The Hall–Kier alpha value is -3.83. The number of nitrogens with one attached hydrogen (secondary N) is 1. The van der Waals surface area contributed by atoms with Crippen molar-refractivity contribution in [1.29, 1.82) is 0 Å². The van der Waals surface area contributed by atoms with Crippen molar-refractivity contribution in [2.45, 2.75) is 25.3 Å². The fraction of sp³-hybridized carbons (Fsp3) is 0.227. The SMILES string of the molecule is COc1cccc(-c2ccc(=O)n(C(C)c3nc4cc(C(F)(F)F)c(C(F)(F)F)cc4[nH]3)n2)c1. The molecule has 6 nitrogen and oxygen atoms in total. The van der Waals surface area contributed by atoms with Gasteiger partial charge in [0, 0.05) is 11.6 Å². The minimum Gasteiger partial charge on any atom is -0.497 e. The zero-order valence-corrected chi connectivity index (χ0v) is 17.6. The summed E-state index contributed by atoms with van der Waals surface area (Å²) in [5.74, 6) is 0.531. The summed E-state index contributed by atoms with van der Waals surface area (Å²) < 4.78 is 85.7. The highest BCUT2D eigenvalue weighted by atomic mass is 19.4. The summed E-state index contributed by atoms with van der Waals surface area (Å²) in [6, 6.07) is 9.41. The van der Waals surface area contributed by atoms with E-state index in [1.54, 1.807) is 24.3 Å². The summed E-state index contributed by atoms with van der Waals surface area (Å²) in [5, 5.41) is 4.31. The second-order valence-corrected chi connectivity index (χ2v) is 7.44. The highest BCUT2D eigenvalue weighted by Crippen LogP contribution is 2.42. The molecule has 1 N–H and O–H groups in total. The second-order valence-electron chi connectivity index (χ2n) is 7.44. The molecule has 2 heterocycles. The summed E-state index contributed by atoms with van der Waals surface area (Å²) >= 11 is 0. The van der Waals surface area contributed by atoms with Crippen LogP contribution in [-0.2, 0) is 12.4 Å². The number of alkyl halides is 6. The Morgan fingerprint density at radius 1 is 0.971 bits per heavy atom. The first-order valence-electron chi connectivity index (χ1n) is 9.81. The van der Waals surface area contributed by atoms with E-state index in [4.69, 9.17) is 4.74 Å². The fourth-order valence-corrected chi connectivity index (χ4v) is 3.50. The zero-order chi connectivity index (χ0) is 24.8. The first-order chi connectivity index (χ1) is 15.9. The van der Waals surface area contributed by atoms with E-state index in [9.17, 15) is 31.1 Å². The molecular formula is C22H16F6N4O2. The molecule has 4 aromatic rings. The quantitative estimate of drug-likeness (QED) is 0.393. The van der Waals surface area contributed by atoms with Crippen LogP contribution in [0.3, 0.4) is 0 Å². The lowest BCUT2D eigenvalue weighted by molar-refractivity contribution is -0.161. The van der Waals surface area contributed by atoms with Gasteiger partial charge in [-0.25, -0.2) is 9.67 Å². The van der Waals surface area contributed by atoms with Gasteiger partial charge in [-0.05, 0) is 37.3 Å². The Kier molecular flexibility index (Phi) is 5.62. The van der Waals surface area contributed by atoms with Crippen LogP contribution >= 0.6 is 0 Å². The van der Waals surface area contributed by atoms with Gasteiger partial charge in [-0.15, -0.1) is 0 Å². The number of nitrogens with zero attached hydrogens (tertiary/aromatic N) is 3. The Labute approximate surface area is 187 Å². The summed E-state index contributed by atoms with van der Waals surface area (Å²) in [7, 11) is 1.49. The Bertz CT molecular complexity index is 1370. The van der Waals surface area contributed by atoms with Gasteiger partial charge in [0.05, 0.1) is 35.0 Å². The lowest BCUT2D eigenvalue weighted by atomic mass is 10.1. The molecule has 1 unspecified atom stereocenters. The average Bonchev–Trinajstić information content (AvgIpc) is 3.20. The maximum Gasteiger partial charge on any atom is 0.417 e. The van der Waals surface area contributed by atoms with E-state index >= 15 is 0 Å². The van der Waals surface area contributed by atoms with Gasteiger partial charge >= 0.3 is 12.4 Å². The van der Waals surface area contributed by atoms with Crippen LogP contribution in [0.25, 0.3) is 22.3 Å². The molecule has 2 aromatic heterocycles.